The molecule has 1 heterocycles. The van der Waals surface area contributed by atoms with Crippen molar-refractivity contribution in [3.63, 3.8) is 0 Å². The molecule has 0 aromatic heterocycles. The number of benzene rings is 2. The van der Waals surface area contributed by atoms with E-state index in [4.69, 9.17) is 0 Å². The molecule has 2 aromatic rings. The van der Waals surface area contributed by atoms with Gasteiger partial charge in [0.1, 0.15) is 5.37 Å². The number of nitro benzene ring substituents is 1. The first-order chi connectivity index (χ1) is 10.7. The van der Waals surface area contributed by atoms with Crippen LogP contribution in [0.1, 0.15) is 16.5 Å². The third-order valence-electron chi connectivity index (χ3n) is 3.56. The number of nitrogens with zero attached hydrogens (tertiary/aromatic N) is 2. The molecule has 0 unspecified atom stereocenters. The molecule has 5 nitrogen and oxygen atoms in total. The van der Waals surface area contributed by atoms with Gasteiger partial charge in [-0.1, -0.05) is 42.5 Å². The Morgan fingerprint density at radius 3 is 2.55 bits per heavy atom. The largest absolute Gasteiger partial charge is 0.321 e. The summed E-state index contributed by atoms with van der Waals surface area (Å²) in [6.07, 6.45) is 0. The van der Waals surface area contributed by atoms with Gasteiger partial charge in [-0.15, -0.1) is 11.8 Å². The third kappa shape index (κ3) is 2.82. The van der Waals surface area contributed by atoms with Crippen LogP contribution < -0.4 is 0 Å². The average Bonchev–Trinajstić information content (AvgIpc) is 2.89. The van der Waals surface area contributed by atoms with Gasteiger partial charge in [0, 0.05) is 12.6 Å². The molecule has 0 radical (unpaired) electrons. The van der Waals surface area contributed by atoms with Gasteiger partial charge in [-0.2, -0.15) is 0 Å². The van der Waals surface area contributed by atoms with Gasteiger partial charge in [-0.05, 0) is 11.6 Å². The molecule has 0 aliphatic carbocycles. The van der Waals surface area contributed by atoms with Crippen molar-refractivity contribution in [1.29, 1.82) is 0 Å². The van der Waals surface area contributed by atoms with E-state index < -0.39 is 0 Å². The predicted octanol–water partition coefficient (Wildman–Crippen LogP) is 3.37. The normalized spacial score (nSPS) is 17.7. The SMILES string of the molecule is O=C1CS[C@@H](c2ccccc2[N+](=O)[O-])N1Cc1ccccc1. The highest BCUT2D eigenvalue weighted by Gasteiger charge is 2.36. The van der Waals surface area contributed by atoms with Crippen molar-refractivity contribution in [3.05, 3.63) is 75.8 Å². The smallest absolute Gasteiger partial charge is 0.275 e. The van der Waals surface area contributed by atoms with Crippen LogP contribution in [0.5, 0.6) is 0 Å². The van der Waals surface area contributed by atoms with Crippen LogP contribution in [0, 0.1) is 10.1 Å². The third-order valence-corrected chi connectivity index (χ3v) is 4.80. The summed E-state index contributed by atoms with van der Waals surface area (Å²) in [7, 11) is 0. The summed E-state index contributed by atoms with van der Waals surface area (Å²) in [5.41, 5.74) is 1.66. The Labute approximate surface area is 132 Å². The van der Waals surface area contributed by atoms with E-state index in [1.165, 1.54) is 17.8 Å². The van der Waals surface area contributed by atoms with Crippen LogP contribution in [-0.4, -0.2) is 21.5 Å². The fourth-order valence-corrected chi connectivity index (χ4v) is 3.74. The molecular formula is C16H14N2O3S. The van der Waals surface area contributed by atoms with Crippen LogP contribution in [-0.2, 0) is 11.3 Å². The van der Waals surface area contributed by atoms with Crippen molar-refractivity contribution >= 4 is 23.4 Å². The zero-order chi connectivity index (χ0) is 15.5. The molecule has 1 saturated heterocycles. The van der Waals surface area contributed by atoms with Gasteiger partial charge in [0.05, 0.1) is 16.2 Å². The van der Waals surface area contributed by atoms with Crippen LogP contribution in [0.2, 0.25) is 0 Å². The molecule has 22 heavy (non-hydrogen) atoms. The Kier molecular flexibility index (Phi) is 4.11. The Morgan fingerprint density at radius 1 is 1.14 bits per heavy atom. The highest BCUT2D eigenvalue weighted by Crippen LogP contribution is 2.42. The first-order valence-electron chi connectivity index (χ1n) is 6.85. The van der Waals surface area contributed by atoms with E-state index >= 15 is 0 Å². The molecule has 1 aliphatic rings. The summed E-state index contributed by atoms with van der Waals surface area (Å²) in [6.45, 7) is 0.462. The maximum absolute atomic E-state index is 12.2. The molecule has 0 N–H and O–H groups in total. The van der Waals surface area contributed by atoms with Crippen molar-refractivity contribution in [1.82, 2.24) is 4.90 Å². The predicted molar refractivity (Wildman–Crippen MR) is 85.3 cm³/mol. The molecule has 0 spiro atoms. The fourth-order valence-electron chi connectivity index (χ4n) is 2.53. The molecule has 1 amide bonds. The van der Waals surface area contributed by atoms with Gasteiger partial charge < -0.3 is 4.90 Å². The van der Waals surface area contributed by atoms with Crippen LogP contribution in [0.15, 0.2) is 54.6 Å². The van der Waals surface area contributed by atoms with Crippen molar-refractivity contribution in [2.45, 2.75) is 11.9 Å². The number of rotatable bonds is 4. The van der Waals surface area contributed by atoms with E-state index in [9.17, 15) is 14.9 Å². The highest BCUT2D eigenvalue weighted by atomic mass is 32.2. The Bertz CT molecular complexity index is 706. The standard InChI is InChI=1S/C16H14N2O3S/c19-15-11-22-16(13-8-4-5-9-14(13)18(20)21)17(15)10-12-6-2-1-3-7-12/h1-9,16H,10-11H2/t16-/m0/s1. The fraction of sp³-hybridized carbons (Fsp3) is 0.188. The van der Waals surface area contributed by atoms with Gasteiger partial charge in [0.15, 0.2) is 0 Å². The van der Waals surface area contributed by atoms with E-state index in [2.05, 4.69) is 0 Å². The summed E-state index contributed by atoms with van der Waals surface area (Å²) >= 11 is 1.43. The van der Waals surface area contributed by atoms with Gasteiger partial charge in [0.25, 0.3) is 5.69 Å². The average molecular weight is 314 g/mol. The van der Waals surface area contributed by atoms with Crippen LogP contribution in [0.4, 0.5) is 5.69 Å². The van der Waals surface area contributed by atoms with Gasteiger partial charge in [0.2, 0.25) is 5.91 Å². The van der Waals surface area contributed by atoms with E-state index in [1.54, 1.807) is 23.1 Å². The van der Waals surface area contributed by atoms with Crippen LogP contribution in [0.25, 0.3) is 0 Å². The van der Waals surface area contributed by atoms with Crippen molar-refractivity contribution in [3.8, 4) is 0 Å². The van der Waals surface area contributed by atoms with Crippen molar-refractivity contribution in [2.75, 3.05) is 5.75 Å². The highest BCUT2D eigenvalue weighted by molar-refractivity contribution is 8.00. The van der Waals surface area contributed by atoms with Crippen molar-refractivity contribution < 1.29 is 9.72 Å². The lowest BCUT2D eigenvalue weighted by molar-refractivity contribution is -0.385. The minimum atomic E-state index is -0.389. The Morgan fingerprint density at radius 2 is 1.82 bits per heavy atom. The number of thioether (sulfide) groups is 1. The van der Waals surface area contributed by atoms with Gasteiger partial charge in [-0.3, -0.25) is 14.9 Å². The lowest BCUT2D eigenvalue weighted by Gasteiger charge is -2.24. The van der Waals surface area contributed by atoms with Crippen LogP contribution >= 0.6 is 11.8 Å². The second kappa shape index (κ2) is 6.19. The van der Waals surface area contributed by atoms with E-state index in [-0.39, 0.29) is 21.9 Å². The van der Waals surface area contributed by atoms with E-state index in [0.29, 0.717) is 17.9 Å². The van der Waals surface area contributed by atoms with Gasteiger partial charge in [-0.25, -0.2) is 0 Å². The number of nitro groups is 1. The molecule has 2 aromatic carbocycles. The second-order valence-corrected chi connectivity index (χ2v) is 6.06. The van der Waals surface area contributed by atoms with Crippen LogP contribution in [0.3, 0.4) is 0 Å². The summed E-state index contributed by atoms with van der Waals surface area (Å²) in [6, 6.07) is 16.3. The second-order valence-electron chi connectivity index (χ2n) is 4.99. The molecule has 1 atom stereocenters. The maximum Gasteiger partial charge on any atom is 0.275 e. The minimum Gasteiger partial charge on any atom is -0.321 e. The molecule has 1 aliphatic heterocycles. The quantitative estimate of drug-likeness (QED) is 0.641. The minimum absolute atomic E-state index is 0.0111. The Balaban J connectivity index is 1.93. The first kappa shape index (κ1) is 14.6. The number of hydrogen-bond donors (Lipinski definition) is 0. The number of carbonyl (C=O) groups is 1. The molecule has 112 valence electrons. The topological polar surface area (TPSA) is 63.4 Å². The van der Waals surface area contributed by atoms with E-state index in [0.717, 1.165) is 5.56 Å². The molecule has 6 heteroatoms. The molecule has 0 saturated carbocycles. The monoisotopic (exact) mass is 314 g/mol. The lowest BCUT2D eigenvalue weighted by Crippen LogP contribution is -2.28. The number of amides is 1. The van der Waals surface area contributed by atoms with Gasteiger partial charge >= 0.3 is 0 Å². The maximum atomic E-state index is 12.2. The molecule has 1 fully saturated rings. The number of para-hydroxylation sites is 1. The molecular weight excluding hydrogens is 300 g/mol. The summed E-state index contributed by atoms with van der Waals surface area (Å²) in [5.74, 6) is 0.362. The molecule has 0 bridgehead atoms. The zero-order valence-corrected chi connectivity index (χ0v) is 12.5. The summed E-state index contributed by atoms with van der Waals surface area (Å²) in [4.78, 5) is 24.7. The number of hydrogen-bond acceptors (Lipinski definition) is 4. The lowest BCUT2D eigenvalue weighted by atomic mass is 10.1. The summed E-state index contributed by atoms with van der Waals surface area (Å²) in [5, 5.41) is 10.9. The van der Waals surface area contributed by atoms with Crippen molar-refractivity contribution in [2.24, 2.45) is 0 Å². The molecule has 3 rings (SSSR count). The number of carbonyl (C=O) groups excluding carboxylic acids is 1. The summed E-state index contributed by atoms with van der Waals surface area (Å²) < 4.78 is 0. The Hall–Kier alpha value is -2.34. The first-order valence-corrected chi connectivity index (χ1v) is 7.90. The zero-order valence-electron chi connectivity index (χ0n) is 11.7. The van der Waals surface area contributed by atoms with E-state index in [1.807, 2.05) is 30.3 Å².